The molecular weight excluding hydrogens is 419 g/mol. The molecule has 0 bridgehead atoms. The number of hydrogen-bond acceptors (Lipinski definition) is 4. The van der Waals surface area contributed by atoms with Crippen molar-refractivity contribution >= 4 is 23.5 Å². The lowest BCUT2D eigenvalue weighted by Crippen LogP contribution is -2.16. The summed E-state index contributed by atoms with van der Waals surface area (Å²) in [6, 6.07) is 18.6. The normalized spacial score (nSPS) is 16.2. The van der Waals surface area contributed by atoms with E-state index < -0.39 is 18.4 Å². The lowest BCUT2D eigenvalue weighted by Gasteiger charge is -2.10. The highest BCUT2D eigenvalue weighted by Crippen LogP contribution is 2.31. The Bertz CT molecular complexity index is 1110. The van der Waals surface area contributed by atoms with Crippen LogP contribution in [0.5, 0.6) is 5.75 Å². The van der Waals surface area contributed by atoms with Crippen molar-refractivity contribution in [2.75, 3.05) is 0 Å². The predicted octanol–water partition coefficient (Wildman–Crippen LogP) is 5.95. The van der Waals surface area contributed by atoms with E-state index in [1.165, 1.54) is 24.3 Å². The number of hydrogen-bond donors (Lipinski definition) is 0. The molecule has 8 heteroatoms. The van der Waals surface area contributed by atoms with Crippen LogP contribution in [0.1, 0.15) is 17.2 Å². The van der Waals surface area contributed by atoms with Crippen LogP contribution in [0.15, 0.2) is 77.8 Å². The number of rotatable bonds is 4. The summed E-state index contributed by atoms with van der Waals surface area (Å²) in [6.07, 6.45) is -4.73. The Morgan fingerprint density at radius 2 is 1.50 bits per heavy atom. The van der Waals surface area contributed by atoms with E-state index in [1.807, 2.05) is 0 Å². The van der Waals surface area contributed by atoms with Gasteiger partial charge in [-0.15, -0.1) is 13.2 Å². The topological polar surface area (TPSA) is 47.9 Å². The van der Waals surface area contributed by atoms with Gasteiger partial charge >= 0.3 is 12.3 Å². The van der Waals surface area contributed by atoms with Gasteiger partial charge in [-0.1, -0.05) is 60.1 Å². The van der Waals surface area contributed by atoms with Gasteiger partial charge in [-0.25, -0.2) is 9.79 Å². The van der Waals surface area contributed by atoms with Gasteiger partial charge < -0.3 is 9.47 Å². The van der Waals surface area contributed by atoms with Crippen LogP contribution in [0.4, 0.5) is 13.2 Å². The largest absolute Gasteiger partial charge is 0.573 e. The molecule has 0 spiro atoms. The number of halogens is 4. The Hall–Kier alpha value is -3.32. The highest BCUT2D eigenvalue weighted by atomic mass is 35.5. The predicted molar refractivity (Wildman–Crippen MR) is 105 cm³/mol. The minimum atomic E-state index is -4.73. The zero-order valence-corrected chi connectivity index (χ0v) is 15.9. The van der Waals surface area contributed by atoms with Crippen molar-refractivity contribution in [2.24, 2.45) is 4.99 Å². The minimum absolute atomic E-state index is 0.167. The van der Waals surface area contributed by atoms with Crippen molar-refractivity contribution in [3.8, 4) is 16.9 Å². The summed E-state index contributed by atoms with van der Waals surface area (Å²) in [6.45, 7) is 0. The van der Waals surface area contributed by atoms with E-state index in [-0.39, 0.29) is 11.6 Å². The second-order valence-corrected chi connectivity index (χ2v) is 6.84. The van der Waals surface area contributed by atoms with Crippen LogP contribution in [0, 0.1) is 0 Å². The van der Waals surface area contributed by atoms with Gasteiger partial charge in [0.05, 0.1) is 10.6 Å². The minimum Gasteiger partial charge on any atom is -0.406 e. The number of cyclic esters (lactones) is 1. The molecule has 3 aromatic carbocycles. The fourth-order valence-electron chi connectivity index (χ4n) is 3.02. The average molecular weight is 432 g/mol. The smallest absolute Gasteiger partial charge is 0.406 e. The van der Waals surface area contributed by atoms with Gasteiger partial charge in [-0.05, 0) is 41.0 Å². The number of alkyl halides is 3. The molecule has 0 aliphatic carbocycles. The quantitative estimate of drug-likeness (QED) is 0.479. The SMILES string of the molecule is O=C1OC(c2ccccc2Cl)=NC1c1ccc(-c2ccc(OC(F)(F)F)cc2)cc1. The van der Waals surface area contributed by atoms with E-state index in [2.05, 4.69) is 9.73 Å². The van der Waals surface area contributed by atoms with Gasteiger partial charge in [-0.2, -0.15) is 0 Å². The number of aliphatic imine (C=N–C) groups is 1. The number of carbonyl (C=O) groups excluding carboxylic acids is 1. The lowest BCUT2D eigenvalue weighted by atomic mass is 10.0. The number of esters is 1. The second kappa shape index (κ2) is 7.84. The third-order valence-electron chi connectivity index (χ3n) is 4.42. The maximum atomic E-state index is 12.3. The van der Waals surface area contributed by atoms with Crippen LogP contribution in [0.2, 0.25) is 5.02 Å². The van der Waals surface area contributed by atoms with Gasteiger partial charge in [0.2, 0.25) is 5.90 Å². The molecule has 0 radical (unpaired) electrons. The molecule has 0 amide bonds. The first-order valence-corrected chi connectivity index (χ1v) is 9.18. The Labute approximate surface area is 174 Å². The van der Waals surface area contributed by atoms with Gasteiger partial charge in [-0.3, -0.25) is 0 Å². The van der Waals surface area contributed by atoms with Crippen LogP contribution >= 0.6 is 11.6 Å². The van der Waals surface area contributed by atoms with E-state index in [0.717, 1.165) is 5.56 Å². The van der Waals surface area contributed by atoms with Crippen molar-refractivity contribution in [3.63, 3.8) is 0 Å². The maximum absolute atomic E-state index is 12.3. The number of benzene rings is 3. The van der Waals surface area contributed by atoms with Gasteiger partial charge in [0.1, 0.15) is 5.75 Å². The summed E-state index contributed by atoms with van der Waals surface area (Å²) in [5.41, 5.74) is 2.62. The Morgan fingerprint density at radius 3 is 2.10 bits per heavy atom. The third kappa shape index (κ3) is 4.31. The van der Waals surface area contributed by atoms with E-state index in [0.29, 0.717) is 21.7 Å². The Balaban J connectivity index is 1.54. The molecule has 0 fully saturated rings. The molecule has 1 unspecified atom stereocenters. The molecule has 3 aromatic rings. The molecule has 0 N–H and O–H groups in total. The van der Waals surface area contributed by atoms with E-state index in [9.17, 15) is 18.0 Å². The molecular formula is C22H13ClF3NO3. The van der Waals surface area contributed by atoms with Crippen molar-refractivity contribution in [3.05, 3.63) is 88.9 Å². The molecule has 30 heavy (non-hydrogen) atoms. The zero-order valence-electron chi connectivity index (χ0n) is 15.2. The van der Waals surface area contributed by atoms with Crippen molar-refractivity contribution in [1.29, 1.82) is 0 Å². The molecule has 0 saturated heterocycles. The maximum Gasteiger partial charge on any atom is 0.573 e. The highest BCUT2D eigenvalue weighted by Gasteiger charge is 2.32. The highest BCUT2D eigenvalue weighted by molar-refractivity contribution is 6.34. The second-order valence-electron chi connectivity index (χ2n) is 6.43. The van der Waals surface area contributed by atoms with Crippen molar-refractivity contribution in [2.45, 2.75) is 12.4 Å². The molecule has 1 atom stereocenters. The summed E-state index contributed by atoms with van der Waals surface area (Å²) < 4.78 is 46.0. The number of carbonyl (C=O) groups is 1. The standard InChI is InChI=1S/C22H13ClF3NO3/c23-18-4-2-1-3-17(18)20-27-19(21(28)29-20)15-7-5-13(6-8-15)14-9-11-16(12-10-14)30-22(24,25)26/h1-12,19H. The fourth-order valence-corrected chi connectivity index (χ4v) is 3.24. The summed E-state index contributed by atoms with van der Waals surface area (Å²) in [4.78, 5) is 16.6. The van der Waals surface area contributed by atoms with Gasteiger partial charge in [0, 0.05) is 0 Å². The van der Waals surface area contributed by atoms with E-state index in [4.69, 9.17) is 16.3 Å². The van der Waals surface area contributed by atoms with Crippen LogP contribution in [0.3, 0.4) is 0 Å². The summed E-state index contributed by atoms with van der Waals surface area (Å²) in [7, 11) is 0. The number of ether oxygens (including phenoxy) is 2. The average Bonchev–Trinajstić information content (AvgIpc) is 3.09. The first kappa shape index (κ1) is 20.0. The Kier molecular flexibility index (Phi) is 5.22. The zero-order chi connectivity index (χ0) is 21.3. The molecule has 1 heterocycles. The summed E-state index contributed by atoms with van der Waals surface area (Å²) in [5, 5.41) is 0.429. The van der Waals surface area contributed by atoms with Gasteiger partial charge in [0.15, 0.2) is 6.04 Å². The molecule has 1 aliphatic rings. The third-order valence-corrected chi connectivity index (χ3v) is 4.75. The van der Waals surface area contributed by atoms with Crippen molar-refractivity contribution < 1.29 is 27.4 Å². The fraction of sp³-hybridized carbons (Fsp3) is 0.0909. The molecule has 152 valence electrons. The van der Waals surface area contributed by atoms with Crippen LogP contribution in [-0.2, 0) is 9.53 Å². The Morgan fingerprint density at radius 1 is 0.900 bits per heavy atom. The monoisotopic (exact) mass is 431 g/mol. The molecule has 4 nitrogen and oxygen atoms in total. The van der Waals surface area contributed by atoms with E-state index >= 15 is 0 Å². The number of nitrogens with zero attached hydrogens (tertiary/aromatic N) is 1. The molecule has 0 saturated carbocycles. The van der Waals surface area contributed by atoms with Gasteiger partial charge in [0.25, 0.3) is 0 Å². The van der Waals surface area contributed by atoms with Crippen LogP contribution in [0.25, 0.3) is 11.1 Å². The molecule has 0 aromatic heterocycles. The van der Waals surface area contributed by atoms with Crippen LogP contribution in [-0.4, -0.2) is 18.2 Å². The summed E-state index contributed by atoms with van der Waals surface area (Å²) in [5.74, 6) is -0.635. The first-order chi connectivity index (χ1) is 14.3. The van der Waals surface area contributed by atoms with Crippen LogP contribution < -0.4 is 4.74 Å². The first-order valence-electron chi connectivity index (χ1n) is 8.81. The summed E-state index contributed by atoms with van der Waals surface area (Å²) >= 11 is 6.14. The van der Waals surface area contributed by atoms with Crippen molar-refractivity contribution in [1.82, 2.24) is 0 Å². The molecule has 4 rings (SSSR count). The molecule has 1 aliphatic heterocycles. The lowest BCUT2D eigenvalue weighted by molar-refractivity contribution is -0.274. The van der Waals surface area contributed by atoms with E-state index in [1.54, 1.807) is 48.5 Å².